The minimum absolute atomic E-state index is 0.0876. The molecule has 90 valence electrons. The maximum atomic E-state index is 12.0. The van der Waals surface area contributed by atoms with Crippen molar-refractivity contribution < 1.29 is 4.79 Å². The van der Waals surface area contributed by atoms with E-state index < -0.39 is 0 Å². The number of hydrogen-bond donors (Lipinski definition) is 1. The summed E-state index contributed by atoms with van der Waals surface area (Å²) in [5.74, 6) is 0.322. The first-order valence-corrected chi connectivity index (χ1v) is 7.27. The van der Waals surface area contributed by atoms with Crippen LogP contribution in [0.15, 0.2) is 15.2 Å². The lowest BCUT2D eigenvalue weighted by Gasteiger charge is -2.10. The molecule has 0 aliphatic heterocycles. The van der Waals surface area contributed by atoms with Gasteiger partial charge in [0.1, 0.15) is 0 Å². The van der Waals surface area contributed by atoms with Crippen molar-refractivity contribution in [2.75, 3.05) is 0 Å². The molecule has 0 aliphatic rings. The second kappa shape index (κ2) is 6.52. The number of Topliss-reactive ketones (excluding diaryl/α,β-unsaturated/α-hetero) is 1. The fraction of sp³-hybridized carbons (Fsp3) is 0.583. The zero-order valence-electron chi connectivity index (χ0n) is 9.70. The van der Waals surface area contributed by atoms with Crippen molar-refractivity contribution in [1.82, 2.24) is 0 Å². The van der Waals surface area contributed by atoms with Gasteiger partial charge in [0.2, 0.25) is 0 Å². The highest BCUT2D eigenvalue weighted by molar-refractivity contribution is 9.10. The van der Waals surface area contributed by atoms with Gasteiger partial charge in [-0.15, -0.1) is 0 Å². The van der Waals surface area contributed by atoms with Crippen LogP contribution in [0.5, 0.6) is 0 Å². The molecule has 1 rings (SSSR count). The smallest absolute Gasteiger partial charge is 0.167 e. The number of nitrogens with two attached hydrogens (primary N) is 1. The van der Waals surface area contributed by atoms with Crippen LogP contribution in [0.25, 0.3) is 0 Å². The Morgan fingerprint density at radius 3 is 2.62 bits per heavy atom. The van der Waals surface area contributed by atoms with E-state index in [2.05, 4.69) is 15.9 Å². The summed E-state index contributed by atoms with van der Waals surface area (Å²) in [6.07, 6.45) is 2.93. The van der Waals surface area contributed by atoms with Crippen LogP contribution < -0.4 is 5.73 Å². The summed E-state index contributed by atoms with van der Waals surface area (Å²) < 4.78 is 0.918. The van der Waals surface area contributed by atoms with E-state index in [1.165, 1.54) is 0 Å². The molecule has 0 saturated carbocycles. The first-order valence-electron chi connectivity index (χ1n) is 5.54. The third-order valence-corrected chi connectivity index (χ3v) is 4.33. The summed E-state index contributed by atoms with van der Waals surface area (Å²) in [6, 6.07) is 0.232. The average Bonchev–Trinajstić information content (AvgIpc) is 2.62. The Labute approximate surface area is 109 Å². The molecule has 16 heavy (non-hydrogen) atoms. The molecule has 2 nitrogen and oxygen atoms in total. The predicted octanol–water partition coefficient (Wildman–Crippen LogP) is 3.85. The predicted molar refractivity (Wildman–Crippen MR) is 73.0 cm³/mol. The van der Waals surface area contributed by atoms with E-state index in [9.17, 15) is 4.79 Å². The van der Waals surface area contributed by atoms with E-state index in [4.69, 9.17) is 5.73 Å². The number of thiophene rings is 1. The number of rotatable bonds is 6. The van der Waals surface area contributed by atoms with E-state index >= 15 is 0 Å². The zero-order chi connectivity index (χ0) is 12.1. The summed E-state index contributed by atoms with van der Waals surface area (Å²) in [4.78, 5) is 12.0. The lowest BCUT2D eigenvalue weighted by atomic mass is 9.95. The summed E-state index contributed by atoms with van der Waals surface area (Å²) in [6.45, 7) is 4.00. The van der Waals surface area contributed by atoms with Gasteiger partial charge in [-0.1, -0.05) is 13.3 Å². The molecule has 4 heteroatoms. The average molecular weight is 304 g/mol. The quantitative estimate of drug-likeness (QED) is 0.811. The number of ketones is 1. The standard InChI is InChI=1S/C12H18BrNOS/c1-8(4-3-5-9(2)14)12(15)10-6-16-7-11(10)13/h6-9H,3-5,14H2,1-2H3. The SMILES string of the molecule is CC(N)CCCC(C)C(=O)c1cscc1Br. The number of carbonyl (C=O) groups excluding carboxylic acids is 1. The molecular weight excluding hydrogens is 286 g/mol. The Morgan fingerprint density at radius 1 is 1.44 bits per heavy atom. The van der Waals surface area contributed by atoms with Gasteiger partial charge in [0, 0.05) is 32.8 Å². The van der Waals surface area contributed by atoms with Crippen LogP contribution in [-0.2, 0) is 0 Å². The lowest BCUT2D eigenvalue weighted by molar-refractivity contribution is 0.0922. The Balaban J connectivity index is 2.46. The second-order valence-corrected chi connectivity index (χ2v) is 5.90. The minimum Gasteiger partial charge on any atom is -0.328 e. The van der Waals surface area contributed by atoms with Crippen LogP contribution in [0, 0.1) is 5.92 Å². The van der Waals surface area contributed by atoms with Crippen LogP contribution in [0.1, 0.15) is 43.5 Å². The highest BCUT2D eigenvalue weighted by Gasteiger charge is 2.17. The summed E-state index contributed by atoms with van der Waals surface area (Å²) in [7, 11) is 0. The normalized spacial score (nSPS) is 14.8. The molecular formula is C12H18BrNOS. The highest BCUT2D eigenvalue weighted by Crippen LogP contribution is 2.25. The van der Waals surface area contributed by atoms with Crippen LogP contribution in [0.4, 0.5) is 0 Å². The molecule has 1 aromatic heterocycles. The van der Waals surface area contributed by atoms with Gasteiger partial charge in [0.05, 0.1) is 0 Å². The Hall–Kier alpha value is -0.190. The maximum Gasteiger partial charge on any atom is 0.167 e. The molecule has 1 heterocycles. The molecule has 0 amide bonds. The third-order valence-electron chi connectivity index (χ3n) is 2.62. The van der Waals surface area contributed by atoms with E-state index in [-0.39, 0.29) is 17.7 Å². The van der Waals surface area contributed by atoms with Crippen LogP contribution in [-0.4, -0.2) is 11.8 Å². The number of halogens is 1. The molecule has 2 N–H and O–H groups in total. The van der Waals surface area contributed by atoms with E-state index in [1.54, 1.807) is 11.3 Å². The summed E-state index contributed by atoms with van der Waals surface area (Å²) in [5, 5.41) is 3.86. The van der Waals surface area contributed by atoms with Gasteiger partial charge in [0.15, 0.2) is 5.78 Å². The number of carbonyl (C=O) groups is 1. The van der Waals surface area contributed by atoms with Crippen molar-refractivity contribution in [2.45, 2.75) is 39.2 Å². The molecule has 0 aliphatic carbocycles. The van der Waals surface area contributed by atoms with Gasteiger partial charge in [-0.2, -0.15) is 11.3 Å². The molecule has 0 saturated heterocycles. The fourth-order valence-corrected chi connectivity index (χ4v) is 3.08. The third kappa shape index (κ3) is 4.00. The van der Waals surface area contributed by atoms with Gasteiger partial charge in [-0.05, 0) is 35.7 Å². The van der Waals surface area contributed by atoms with Crippen molar-refractivity contribution in [2.24, 2.45) is 11.7 Å². The highest BCUT2D eigenvalue weighted by atomic mass is 79.9. The number of hydrogen-bond acceptors (Lipinski definition) is 3. The Kier molecular flexibility index (Phi) is 5.66. The van der Waals surface area contributed by atoms with E-state index in [0.29, 0.717) is 0 Å². The van der Waals surface area contributed by atoms with Crippen LogP contribution >= 0.6 is 27.3 Å². The molecule has 2 atom stereocenters. The first-order chi connectivity index (χ1) is 7.52. The van der Waals surface area contributed by atoms with Gasteiger partial charge in [-0.3, -0.25) is 4.79 Å². The van der Waals surface area contributed by atoms with E-state index in [1.807, 2.05) is 24.6 Å². The molecule has 0 spiro atoms. The van der Waals surface area contributed by atoms with Crippen LogP contribution in [0.2, 0.25) is 0 Å². The monoisotopic (exact) mass is 303 g/mol. The molecule has 1 aromatic rings. The molecule has 2 unspecified atom stereocenters. The van der Waals surface area contributed by atoms with Crippen molar-refractivity contribution in [3.05, 3.63) is 20.8 Å². The summed E-state index contributed by atoms with van der Waals surface area (Å²) in [5.41, 5.74) is 6.50. The molecule has 0 bridgehead atoms. The van der Waals surface area contributed by atoms with Crippen LogP contribution in [0.3, 0.4) is 0 Å². The zero-order valence-corrected chi connectivity index (χ0v) is 12.1. The largest absolute Gasteiger partial charge is 0.328 e. The first kappa shape index (κ1) is 13.9. The second-order valence-electron chi connectivity index (χ2n) is 4.31. The fourth-order valence-electron chi connectivity index (χ4n) is 1.60. The molecule has 0 fully saturated rings. The topological polar surface area (TPSA) is 43.1 Å². The van der Waals surface area contributed by atoms with Gasteiger partial charge in [0.25, 0.3) is 0 Å². The minimum atomic E-state index is 0.0876. The van der Waals surface area contributed by atoms with Crippen molar-refractivity contribution in [1.29, 1.82) is 0 Å². The Bertz CT molecular complexity index is 349. The molecule has 0 radical (unpaired) electrons. The van der Waals surface area contributed by atoms with E-state index in [0.717, 1.165) is 29.3 Å². The van der Waals surface area contributed by atoms with Gasteiger partial charge >= 0.3 is 0 Å². The Morgan fingerprint density at radius 2 is 2.12 bits per heavy atom. The van der Waals surface area contributed by atoms with Crippen molar-refractivity contribution in [3.63, 3.8) is 0 Å². The van der Waals surface area contributed by atoms with Crippen molar-refractivity contribution in [3.8, 4) is 0 Å². The molecule has 0 aromatic carbocycles. The summed E-state index contributed by atoms with van der Waals surface area (Å²) >= 11 is 4.95. The maximum absolute atomic E-state index is 12.0. The lowest BCUT2D eigenvalue weighted by Crippen LogP contribution is -2.16. The van der Waals surface area contributed by atoms with Crippen molar-refractivity contribution >= 4 is 33.0 Å². The van der Waals surface area contributed by atoms with Gasteiger partial charge in [-0.25, -0.2) is 0 Å². The van der Waals surface area contributed by atoms with Gasteiger partial charge < -0.3 is 5.73 Å².